The van der Waals surface area contributed by atoms with Gasteiger partial charge in [0.1, 0.15) is 11.4 Å². The molecule has 0 radical (unpaired) electrons. The van der Waals surface area contributed by atoms with E-state index in [4.69, 9.17) is 34.8 Å². The summed E-state index contributed by atoms with van der Waals surface area (Å²) in [6.07, 6.45) is -4.49. The Kier molecular flexibility index (Phi) is 4.39. The largest absolute Gasteiger partial charge is 0.405 e. The summed E-state index contributed by atoms with van der Waals surface area (Å²) in [4.78, 5) is 11.7. The van der Waals surface area contributed by atoms with Crippen molar-refractivity contribution >= 4 is 62.1 Å². The van der Waals surface area contributed by atoms with Gasteiger partial charge in [-0.1, -0.05) is 34.8 Å². The van der Waals surface area contributed by atoms with Crippen molar-refractivity contribution in [2.75, 3.05) is 6.54 Å². The van der Waals surface area contributed by atoms with Gasteiger partial charge in [-0.2, -0.15) is 13.2 Å². The van der Waals surface area contributed by atoms with Crippen molar-refractivity contribution in [2.45, 2.75) is 6.18 Å². The topological polar surface area (TPSA) is 29.1 Å². The summed E-state index contributed by atoms with van der Waals surface area (Å²) >= 11 is 18.7. The lowest BCUT2D eigenvalue weighted by Gasteiger charge is -2.07. The van der Waals surface area contributed by atoms with Crippen molar-refractivity contribution in [2.24, 2.45) is 0 Å². The maximum Gasteiger partial charge on any atom is 0.405 e. The van der Waals surface area contributed by atoms with Crippen molar-refractivity contribution in [3.8, 4) is 0 Å². The average molecular weight is 363 g/mol. The number of hydrogen-bond acceptors (Lipinski definition) is 2. The highest BCUT2D eigenvalue weighted by Crippen LogP contribution is 2.41. The van der Waals surface area contributed by atoms with E-state index < -0.39 is 18.6 Å². The first kappa shape index (κ1) is 15.7. The molecular weight excluding hydrogens is 358 g/mol. The van der Waals surface area contributed by atoms with Crippen molar-refractivity contribution in [3.05, 3.63) is 32.1 Å². The highest BCUT2D eigenvalue weighted by Gasteiger charge is 2.29. The Labute approximate surface area is 130 Å². The van der Waals surface area contributed by atoms with Gasteiger partial charge in [0.25, 0.3) is 5.91 Å². The van der Waals surface area contributed by atoms with Crippen LogP contribution in [0, 0.1) is 0 Å². The first-order valence-corrected chi connectivity index (χ1v) is 7.06. The van der Waals surface area contributed by atoms with Crippen LogP contribution in [0.2, 0.25) is 15.1 Å². The zero-order chi connectivity index (χ0) is 15.1. The van der Waals surface area contributed by atoms with E-state index in [1.54, 1.807) is 11.4 Å². The maximum atomic E-state index is 12.1. The van der Waals surface area contributed by atoms with Gasteiger partial charge in [0, 0.05) is 15.1 Å². The molecule has 108 valence electrons. The third kappa shape index (κ3) is 3.31. The van der Waals surface area contributed by atoms with Gasteiger partial charge < -0.3 is 5.32 Å². The molecule has 1 aromatic heterocycles. The fourth-order valence-corrected chi connectivity index (χ4v) is 3.81. The predicted molar refractivity (Wildman–Crippen MR) is 75.2 cm³/mol. The fraction of sp³-hybridized carbons (Fsp3) is 0.182. The average Bonchev–Trinajstić information content (AvgIpc) is 2.62. The van der Waals surface area contributed by atoms with Crippen LogP contribution in [-0.4, -0.2) is 18.6 Å². The molecule has 1 heterocycles. The fourth-order valence-electron chi connectivity index (χ4n) is 1.52. The molecule has 0 saturated heterocycles. The highest BCUT2D eigenvalue weighted by molar-refractivity contribution is 7.21. The molecule has 0 bridgehead atoms. The van der Waals surface area contributed by atoms with Crippen LogP contribution < -0.4 is 5.32 Å². The number of halogens is 6. The monoisotopic (exact) mass is 361 g/mol. The van der Waals surface area contributed by atoms with E-state index in [1.807, 2.05) is 0 Å². The molecule has 0 aliphatic carbocycles. The third-order valence-electron chi connectivity index (χ3n) is 2.31. The Bertz CT molecular complexity index is 684. The van der Waals surface area contributed by atoms with Crippen molar-refractivity contribution in [3.63, 3.8) is 0 Å². The molecular formula is C11H5Cl3F3NOS. The van der Waals surface area contributed by atoms with Gasteiger partial charge in [0.05, 0.1) is 10.0 Å². The van der Waals surface area contributed by atoms with Gasteiger partial charge in [-0.25, -0.2) is 0 Å². The first-order valence-electron chi connectivity index (χ1n) is 5.11. The van der Waals surface area contributed by atoms with Crippen LogP contribution in [-0.2, 0) is 0 Å². The first-order chi connectivity index (χ1) is 9.19. The van der Waals surface area contributed by atoms with Gasteiger partial charge in [0.2, 0.25) is 0 Å². The SMILES string of the molecule is O=C(NCC(F)(F)F)c1sc2cc(Cl)cc(Cl)c2c1Cl. The molecule has 0 fully saturated rings. The molecule has 0 saturated carbocycles. The molecule has 0 aliphatic rings. The van der Waals surface area contributed by atoms with Gasteiger partial charge >= 0.3 is 6.18 Å². The minimum absolute atomic E-state index is 0.0198. The summed E-state index contributed by atoms with van der Waals surface area (Å²) in [5.41, 5.74) is 0. The molecule has 2 nitrogen and oxygen atoms in total. The number of amides is 1. The second-order valence-corrected chi connectivity index (χ2v) is 6.08. The van der Waals surface area contributed by atoms with E-state index in [2.05, 4.69) is 0 Å². The maximum absolute atomic E-state index is 12.1. The molecule has 0 atom stereocenters. The number of alkyl halides is 3. The highest BCUT2D eigenvalue weighted by atomic mass is 35.5. The van der Waals surface area contributed by atoms with Crippen LogP contribution >= 0.6 is 46.1 Å². The van der Waals surface area contributed by atoms with Crippen LogP contribution in [0.3, 0.4) is 0 Å². The zero-order valence-corrected chi connectivity index (χ0v) is 12.5. The number of benzene rings is 1. The smallest absolute Gasteiger partial charge is 0.342 e. The van der Waals surface area contributed by atoms with E-state index in [0.717, 1.165) is 11.3 Å². The number of carbonyl (C=O) groups is 1. The van der Waals surface area contributed by atoms with Crippen LogP contribution in [0.4, 0.5) is 13.2 Å². The molecule has 0 aliphatic heterocycles. The molecule has 20 heavy (non-hydrogen) atoms. The molecule has 0 spiro atoms. The van der Waals surface area contributed by atoms with E-state index in [9.17, 15) is 18.0 Å². The Morgan fingerprint density at radius 1 is 1.25 bits per heavy atom. The summed E-state index contributed by atoms with van der Waals surface area (Å²) in [6.45, 7) is -1.43. The Balaban J connectivity index is 2.38. The van der Waals surface area contributed by atoms with Crippen LogP contribution in [0.25, 0.3) is 10.1 Å². The molecule has 1 N–H and O–H groups in total. The number of fused-ring (bicyclic) bond motifs is 1. The van der Waals surface area contributed by atoms with Gasteiger partial charge in [0.15, 0.2) is 0 Å². The molecule has 2 rings (SSSR count). The molecule has 9 heteroatoms. The number of carbonyl (C=O) groups excluding carboxylic acids is 1. The Hall–Kier alpha value is -0.690. The lowest BCUT2D eigenvalue weighted by molar-refractivity contribution is -0.123. The van der Waals surface area contributed by atoms with E-state index in [-0.39, 0.29) is 14.9 Å². The molecule has 2 aromatic rings. The number of nitrogens with one attached hydrogen (secondary N) is 1. The normalized spacial score (nSPS) is 11.9. The zero-order valence-electron chi connectivity index (χ0n) is 9.45. The van der Waals surface area contributed by atoms with Crippen molar-refractivity contribution in [1.82, 2.24) is 5.32 Å². The number of hydrogen-bond donors (Lipinski definition) is 1. The summed E-state index contributed by atoms with van der Waals surface area (Å²) in [6, 6.07) is 2.99. The summed E-state index contributed by atoms with van der Waals surface area (Å²) < 4.78 is 36.7. The molecule has 1 aromatic carbocycles. The quantitative estimate of drug-likeness (QED) is 0.786. The van der Waals surface area contributed by atoms with Crippen LogP contribution in [0.1, 0.15) is 9.67 Å². The van der Waals surface area contributed by atoms with E-state index in [1.165, 1.54) is 6.07 Å². The minimum atomic E-state index is -4.49. The lowest BCUT2D eigenvalue weighted by Crippen LogP contribution is -2.33. The van der Waals surface area contributed by atoms with Gasteiger partial charge in [-0.15, -0.1) is 11.3 Å². The van der Waals surface area contributed by atoms with Crippen molar-refractivity contribution < 1.29 is 18.0 Å². The van der Waals surface area contributed by atoms with Crippen LogP contribution in [0.5, 0.6) is 0 Å². The summed E-state index contributed by atoms with van der Waals surface area (Å²) in [7, 11) is 0. The molecule has 0 unspecified atom stereocenters. The third-order valence-corrected chi connectivity index (χ3v) is 4.45. The Morgan fingerprint density at radius 3 is 2.50 bits per heavy atom. The second kappa shape index (κ2) is 5.60. The van der Waals surface area contributed by atoms with Gasteiger partial charge in [-0.3, -0.25) is 4.79 Å². The summed E-state index contributed by atoms with van der Waals surface area (Å²) in [5, 5.41) is 2.77. The molecule has 1 amide bonds. The Morgan fingerprint density at radius 2 is 1.90 bits per heavy atom. The van der Waals surface area contributed by atoms with E-state index in [0.29, 0.717) is 15.1 Å². The standard InChI is InChI=1S/C11H5Cl3F3NOS/c12-4-1-5(13)7-6(2-4)20-9(8(7)14)10(19)18-3-11(15,16)17/h1-2H,3H2,(H,18,19). The van der Waals surface area contributed by atoms with Crippen LogP contribution in [0.15, 0.2) is 12.1 Å². The van der Waals surface area contributed by atoms with Crippen molar-refractivity contribution in [1.29, 1.82) is 0 Å². The minimum Gasteiger partial charge on any atom is -0.342 e. The van der Waals surface area contributed by atoms with E-state index >= 15 is 0 Å². The number of thiophene rings is 1. The van der Waals surface area contributed by atoms with Gasteiger partial charge in [-0.05, 0) is 12.1 Å². The summed E-state index contributed by atoms with van der Waals surface area (Å²) in [5.74, 6) is -0.902. The predicted octanol–water partition coefficient (Wildman–Crippen LogP) is 5.15. The second-order valence-electron chi connectivity index (χ2n) is 3.80. The lowest BCUT2D eigenvalue weighted by atomic mass is 10.2. The number of rotatable bonds is 2.